The summed E-state index contributed by atoms with van der Waals surface area (Å²) in [5, 5.41) is 9.63. The zero-order valence-electron chi connectivity index (χ0n) is 6.28. The minimum absolute atomic E-state index is 0.626. The van der Waals surface area contributed by atoms with Crippen molar-refractivity contribution in [3.05, 3.63) is 42.1 Å². The molecule has 0 aliphatic rings. The van der Waals surface area contributed by atoms with E-state index in [1.807, 2.05) is 24.3 Å². The molecule has 0 fully saturated rings. The van der Waals surface area contributed by atoms with Crippen LogP contribution in [0.3, 0.4) is 0 Å². The molecule has 0 aliphatic heterocycles. The van der Waals surface area contributed by atoms with Crippen LogP contribution in [0.15, 0.2) is 30.3 Å². The Labute approximate surface area is 70.1 Å². The molecule has 0 saturated carbocycles. The summed E-state index contributed by atoms with van der Waals surface area (Å²) < 4.78 is 0. The van der Waals surface area contributed by atoms with Crippen molar-refractivity contribution in [1.82, 2.24) is 4.98 Å². The molecule has 0 aliphatic carbocycles. The molecule has 1 aromatic carbocycles. The highest BCUT2D eigenvalue weighted by atomic mass is 14.6. The van der Waals surface area contributed by atoms with Gasteiger partial charge in [0.15, 0.2) is 0 Å². The first-order chi connectivity index (χ1) is 5.92. The quantitative estimate of drug-likeness (QED) is 0.579. The zero-order chi connectivity index (χ0) is 8.39. The van der Waals surface area contributed by atoms with Gasteiger partial charge in [-0.3, -0.25) is 0 Å². The second-order valence-corrected chi connectivity index (χ2v) is 2.43. The second-order valence-electron chi connectivity index (χ2n) is 2.43. The maximum absolute atomic E-state index is 8.74. The fourth-order valence-corrected chi connectivity index (χ4v) is 1.14. The molecule has 2 rings (SSSR count). The van der Waals surface area contributed by atoms with Crippen molar-refractivity contribution >= 4 is 10.9 Å². The van der Waals surface area contributed by atoms with Crippen molar-refractivity contribution in [2.45, 2.75) is 0 Å². The maximum Gasteiger partial charge on any atom is 0.0999 e. The maximum atomic E-state index is 8.74. The van der Waals surface area contributed by atoms with Crippen molar-refractivity contribution in [1.29, 1.82) is 5.26 Å². The van der Waals surface area contributed by atoms with E-state index in [4.69, 9.17) is 5.26 Å². The number of aromatic nitrogens is 1. The molecule has 55 valence electrons. The van der Waals surface area contributed by atoms with E-state index in [1.54, 1.807) is 6.07 Å². The highest BCUT2D eigenvalue weighted by Gasteiger charge is 1.97. The topological polar surface area (TPSA) is 36.7 Å². The van der Waals surface area contributed by atoms with Crippen LogP contribution in [0, 0.1) is 17.5 Å². The highest BCUT2D eigenvalue weighted by Crippen LogP contribution is 2.13. The number of hydrogen-bond acceptors (Lipinski definition) is 2. The summed E-state index contributed by atoms with van der Waals surface area (Å²) in [5.74, 6) is 0. The third kappa shape index (κ3) is 0.923. The molecule has 2 nitrogen and oxygen atoms in total. The number of fused-ring (bicyclic) bond motifs is 1. The molecule has 2 heteroatoms. The van der Waals surface area contributed by atoms with Gasteiger partial charge in [0.1, 0.15) is 0 Å². The predicted molar refractivity (Wildman–Crippen MR) is 45.3 cm³/mol. The van der Waals surface area contributed by atoms with Crippen LogP contribution in [-0.2, 0) is 0 Å². The standard InChI is InChI=1S/C10H5N2/c11-7-8-5-6-12-10-4-2-1-3-9(8)10/h1-5H. The van der Waals surface area contributed by atoms with Crippen LogP contribution in [0.1, 0.15) is 5.56 Å². The molecule has 1 heterocycles. The highest BCUT2D eigenvalue weighted by molar-refractivity contribution is 5.83. The van der Waals surface area contributed by atoms with Gasteiger partial charge >= 0.3 is 0 Å². The molecule has 0 amide bonds. The van der Waals surface area contributed by atoms with Gasteiger partial charge in [0, 0.05) is 5.39 Å². The van der Waals surface area contributed by atoms with Crippen LogP contribution in [0.5, 0.6) is 0 Å². The number of benzene rings is 1. The lowest BCUT2D eigenvalue weighted by molar-refractivity contribution is 1.37. The van der Waals surface area contributed by atoms with Gasteiger partial charge in [-0.1, -0.05) is 18.2 Å². The van der Waals surface area contributed by atoms with E-state index in [9.17, 15) is 0 Å². The van der Waals surface area contributed by atoms with Gasteiger partial charge in [-0.2, -0.15) is 5.26 Å². The zero-order valence-corrected chi connectivity index (χ0v) is 6.28. The fourth-order valence-electron chi connectivity index (χ4n) is 1.14. The lowest BCUT2D eigenvalue weighted by atomic mass is 10.1. The number of hydrogen-bond donors (Lipinski definition) is 0. The third-order valence-corrected chi connectivity index (χ3v) is 1.71. The van der Waals surface area contributed by atoms with Crippen LogP contribution < -0.4 is 0 Å². The summed E-state index contributed by atoms with van der Waals surface area (Å²) in [5.41, 5.74) is 1.44. The largest absolute Gasteiger partial charge is 0.246 e. The summed E-state index contributed by atoms with van der Waals surface area (Å²) in [4.78, 5) is 4.01. The van der Waals surface area contributed by atoms with Crippen molar-refractivity contribution < 1.29 is 0 Å². The first kappa shape index (κ1) is 6.81. The number of rotatable bonds is 0. The van der Waals surface area contributed by atoms with Crippen LogP contribution in [0.25, 0.3) is 10.9 Å². The Morgan fingerprint density at radius 1 is 1.33 bits per heavy atom. The summed E-state index contributed by atoms with van der Waals surface area (Å²) in [6, 6.07) is 11.2. The van der Waals surface area contributed by atoms with Crippen molar-refractivity contribution in [2.75, 3.05) is 0 Å². The molecule has 0 atom stereocenters. The van der Waals surface area contributed by atoms with Gasteiger partial charge in [0.25, 0.3) is 0 Å². The lowest BCUT2D eigenvalue weighted by Crippen LogP contribution is -1.81. The molecule has 0 unspecified atom stereocenters. The van der Waals surface area contributed by atoms with E-state index in [1.165, 1.54) is 0 Å². The van der Waals surface area contributed by atoms with E-state index < -0.39 is 0 Å². The molecule has 0 saturated heterocycles. The van der Waals surface area contributed by atoms with Crippen LogP contribution in [-0.4, -0.2) is 4.98 Å². The predicted octanol–water partition coefficient (Wildman–Crippen LogP) is 1.91. The number of nitriles is 1. The Hall–Kier alpha value is -1.88. The monoisotopic (exact) mass is 153 g/mol. The lowest BCUT2D eigenvalue weighted by Gasteiger charge is -1.95. The summed E-state index contributed by atoms with van der Waals surface area (Å²) in [7, 11) is 0. The Morgan fingerprint density at radius 3 is 3.00 bits per heavy atom. The SMILES string of the molecule is N#Cc1c[c]nc2ccccc12. The Kier molecular flexibility index (Phi) is 1.49. The smallest absolute Gasteiger partial charge is 0.0999 e. The number of nitrogens with zero attached hydrogens (tertiary/aromatic N) is 2. The average Bonchev–Trinajstić information content (AvgIpc) is 2.17. The molecule has 1 radical (unpaired) electrons. The first-order valence-electron chi connectivity index (χ1n) is 3.58. The van der Waals surface area contributed by atoms with Crippen molar-refractivity contribution in [3.8, 4) is 6.07 Å². The van der Waals surface area contributed by atoms with E-state index in [0.29, 0.717) is 5.56 Å². The van der Waals surface area contributed by atoms with E-state index in [-0.39, 0.29) is 0 Å². The van der Waals surface area contributed by atoms with E-state index >= 15 is 0 Å². The molecule has 12 heavy (non-hydrogen) atoms. The minimum Gasteiger partial charge on any atom is -0.246 e. The van der Waals surface area contributed by atoms with Crippen LogP contribution in [0.2, 0.25) is 0 Å². The number of pyridine rings is 1. The summed E-state index contributed by atoms with van der Waals surface area (Å²) >= 11 is 0. The second kappa shape index (κ2) is 2.63. The Balaban J connectivity index is 2.91. The summed E-state index contributed by atoms with van der Waals surface area (Å²) in [6.07, 6.45) is 2.68. The van der Waals surface area contributed by atoms with E-state index in [2.05, 4.69) is 17.3 Å². The molecule has 0 spiro atoms. The van der Waals surface area contributed by atoms with Gasteiger partial charge in [0.05, 0.1) is 23.3 Å². The average molecular weight is 153 g/mol. The van der Waals surface area contributed by atoms with Crippen LogP contribution in [0.4, 0.5) is 0 Å². The molecule has 1 aromatic heterocycles. The number of para-hydroxylation sites is 1. The minimum atomic E-state index is 0.626. The van der Waals surface area contributed by atoms with Crippen molar-refractivity contribution in [3.63, 3.8) is 0 Å². The van der Waals surface area contributed by atoms with Crippen LogP contribution >= 0.6 is 0 Å². The third-order valence-electron chi connectivity index (χ3n) is 1.71. The van der Waals surface area contributed by atoms with Gasteiger partial charge in [-0.25, -0.2) is 4.98 Å². The van der Waals surface area contributed by atoms with Gasteiger partial charge in [-0.05, 0) is 12.1 Å². The normalized spacial score (nSPS) is 9.58. The van der Waals surface area contributed by atoms with Gasteiger partial charge in [-0.15, -0.1) is 0 Å². The van der Waals surface area contributed by atoms with Gasteiger partial charge < -0.3 is 0 Å². The Morgan fingerprint density at radius 2 is 2.17 bits per heavy atom. The molecule has 0 bridgehead atoms. The van der Waals surface area contributed by atoms with E-state index in [0.717, 1.165) is 10.9 Å². The molecular weight excluding hydrogens is 148 g/mol. The van der Waals surface area contributed by atoms with Gasteiger partial charge in [0.2, 0.25) is 0 Å². The molecular formula is C10H5N2. The Bertz CT molecular complexity index is 449. The summed E-state index contributed by atoms with van der Waals surface area (Å²) in [6.45, 7) is 0. The molecule has 0 N–H and O–H groups in total. The fraction of sp³-hybridized carbons (Fsp3) is 0. The first-order valence-corrected chi connectivity index (χ1v) is 3.58. The van der Waals surface area contributed by atoms with Crippen molar-refractivity contribution in [2.24, 2.45) is 0 Å². The molecule has 2 aromatic rings.